The van der Waals surface area contributed by atoms with Crippen LogP contribution >= 0.6 is 11.3 Å². The van der Waals surface area contributed by atoms with Gasteiger partial charge in [0.2, 0.25) is 0 Å². The van der Waals surface area contributed by atoms with E-state index in [0.717, 1.165) is 5.56 Å². The number of hydrogen-bond donors (Lipinski definition) is 1. The van der Waals surface area contributed by atoms with E-state index in [4.69, 9.17) is 19.2 Å². The van der Waals surface area contributed by atoms with Gasteiger partial charge >= 0.3 is 5.97 Å². The van der Waals surface area contributed by atoms with Gasteiger partial charge in [-0.25, -0.2) is 9.79 Å². The van der Waals surface area contributed by atoms with E-state index in [1.165, 1.54) is 18.4 Å². The van der Waals surface area contributed by atoms with Crippen molar-refractivity contribution in [1.82, 2.24) is 4.57 Å². The molecule has 1 atom stereocenters. The van der Waals surface area contributed by atoms with Gasteiger partial charge < -0.3 is 19.3 Å². The molecular formula is C33H30N2O6S. The third kappa shape index (κ3) is 5.38. The van der Waals surface area contributed by atoms with E-state index in [0.29, 0.717) is 49.6 Å². The van der Waals surface area contributed by atoms with Crippen LogP contribution in [0.15, 0.2) is 94.7 Å². The van der Waals surface area contributed by atoms with Gasteiger partial charge in [-0.3, -0.25) is 9.36 Å². The van der Waals surface area contributed by atoms with E-state index in [9.17, 15) is 14.7 Å². The number of hydrogen-bond acceptors (Lipinski definition) is 8. The van der Waals surface area contributed by atoms with E-state index in [-0.39, 0.29) is 23.5 Å². The number of nitrogens with zero attached hydrogens (tertiary/aromatic N) is 2. The first-order chi connectivity index (χ1) is 20.4. The molecule has 5 rings (SSSR count). The molecule has 0 spiro atoms. The van der Waals surface area contributed by atoms with Crippen molar-refractivity contribution in [3.05, 3.63) is 127 Å². The Bertz CT molecular complexity index is 1850. The quantitative estimate of drug-likeness (QED) is 0.232. The molecule has 0 fully saturated rings. The van der Waals surface area contributed by atoms with Crippen molar-refractivity contribution in [2.45, 2.75) is 19.4 Å². The summed E-state index contributed by atoms with van der Waals surface area (Å²) in [5.74, 6) is 0.419. The summed E-state index contributed by atoms with van der Waals surface area (Å²) in [6.45, 7) is 5.67. The standard InChI is InChI=1S/C33H30N2O6S/c1-5-10-23-17-20(18-25(40-4)30(23)36)19-26-31(37)35-29(22-13-15-24(39-3)16-14-22)27(32(38)41-6-2)28(34-33(35)42-26)21-11-8-7-9-12-21/h5,7-9,11-19,29,36H,1,6,10H2,2-4H3/b26-19+/t29-/m0/s1. The molecule has 214 valence electrons. The van der Waals surface area contributed by atoms with Crippen molar-refractivity contribution in [2.75, 3.05) is 20.8 Å². The molecular weight excluding hydrogens is 552 g/mol. The molecule has 3 aromatic carbocycles. The van der Waals surface area contributed by atoms with Crippen LogP contribution in [0.2, 0.25) is 0 Å². The van der Waals surface area contributed by atoms with Crippen molar-refractivity contribution in [2.24, 2.45) is 4.99 Å². The number of allylic oxidation sites excluding steroid dienone is 1. The Balaban J connectivity index is 1.80. The van der Waals surface area contributed by atoms with Crippen LogP contribution < -0.4 is 24.4 Å². The average Bonchev–Trinajstić information content (AvgIpc) is 3.32. The van der Waals surface area contributed by atoms with Gasteiger partial charge in [-0.15, -0.1) is 6.58 Å². The van der Waals surface area contributed by atoms with Gasteiger partial charge in [0.1, 0.15) is 5.75 Å². The summed E-state index contributed by atoms with van der Waals surface area (Å²) in [5, 5.41) is 10.5. The number of fused-ring (bicyclic) bond motifs is 1. The van der Waals surface area contributed by atoms with Crippen molar-refractivity contribution in [1.29, 1.82) is 0 Å². The number of carbonyl (C=O) groups is 1. The molecule has 1 aromatic heterocycles. The van der Waals surface area contributed by atoms with Crippen LogP contribution in [0, 0.1) is 0 Å². The number of methoxy groups -OCH3 is 2. The van der Waals surface area contributed by atoms with Crippen LogP contribution in [0.4, 0.5) is 0 Å². The molecule has 1 aliphatic rings. The van der Waals surface area contributed by atoms with Crippen LogP contribution in [0.25, 0.3) is 11.8 Å². The number of aromatic hydroxyl groups is 1. The highest BCUT2D eigenvalue weighted by Crippen LogP contribution is 2.36. The number of aromatic nitrogens is 1. The fraction of sp³-hybridized carbons (Fsp3) is 0.182. The molecule has 0 radical (unpaired) electrons. The maximum absolute atomic E-state index is 14.1. The molecule has 1 N–H and O–H groups in total. The second-order valence-corrected chi connectivity index (χ2v) is 10.4. The Morgan fingerprint density at radius 1 is 1.10 bits per heavy atom. The molecule has 0 saturated carbocycles. The van der Waals surface area contributed by atoms with E-state index in [2.05, 4.69) is 6.58 Å². The predicted molar refractivity (Wildman–Crippen MR) is 163 cm³/mol. The SMILES string of the molecule is C=CCc1cc(/C=c2/sc3n(c2=O)[C@@H](c2ccc(OC)cc2)C(C(=O)OCC)=C(c2ccccc2)N=3)cc(OC)c1O. The van der Waals surface area contributed by atoms with E-state index in [1.807, 2.05) is 42.5 Å². The molecule has 8 nitrogen and oxygen atoms in total. The molecule has 0 bridgehead atoms. The maximum atomic E-state index is 14.1. The summed E-state index contributed by atoms with van der Waals surface area (Å²) in [6, 6.07) is 19.3. The van der Waals surface area contributed by atoms with Gasteiger partial charge in [0.05, 0.1) is 42.7 Å². The molecule has 9 heteroatoms. The minimum atomic E-state index is -0.797. The fourth-order valence-corrected chi connectivity index (χ4v) is 5.93. The number of esters is 1. The minimum Gasteiger partial charge on any atom is -0.504 e. The van der Waals surface area contributed by atoms with E-state index < -0.39 is 12.0 Å². The van der Waals surface area contributed by atoms with Crippen molar-refractivity contribution in [3.63, 3.8) is 0 Å². The molecule has 42 heavy (non-hydrogen) atoms. The second kappa shape index (κ2) is 12.3. The number of rotatable bonds is 9. The molecule has 0 amide bonds. The summed E-state index contributed by atoms with van der Waals surface area (Å²) in [7, 11) is 3.05. The first-order valence-corrected chi connectivity index (χ1v) is 14.1. The highest BCUT2D eigenvalue weighted by atomic mass is 32.1. The van der Waals surface area contributed by atoms with Gasteiger partial charge in [-0.2, -0.15) is 0 Å². The van der Waals surface area contributed by atoms with E-state index >= 15 is 0 Å². The van der Waals surface area contributed by atoms with Gasteiger partial charge in [-0.05, 0) is 54.8 Å². The summed E-state index contributed by atoms with van der Waals surface area (Å²) >= 11 is 1.22. The first kappa shape index (κ1) is 28.6. The summed E-state index contributed by atoms with van der Waals surface area (Å²) in [6.07, 6.45) is 3.84. The minimum absolute atomic E-state index is 0.0297. The number of thiazole rings is 1. The summed E-state index contributed by atoms with van der Waals surface area (Å²) in [5.41, 5.74) is 3.12. The first-order valence-electron chi connectivity index (χ1n) is 13.3. The molecule has 2 heterocycles. The van der Waals surface area contributed by atoms with Crippen LogP contribution in [0.1, 0.15) is 35.2 Å². The second-order valence-electron chi connectivity index (χ2n) is 9.43. The van der Waals surface area contributed by atoms with Crippen molar-refractivity contribution < 1.29 is 24.1 Å². The molecule has 1 aliphatic heterocycles. The zero-order valence-electron chi connectivity index (χ0n) is 23.5. The molecule has 4 aromatic rings. The third-order valence-electron chi connectivity index (χ3n) is 6.86. The van der Waals surface area contributed by atoms with Gasteiger partial charge in [0.25, 0.3) is 5.56 Å². The third-order valence-corrected chi connectivity index (χ3v) is 7.85. The largest absolute Gasteiger partial charge is 0.504 e. The van der Waals surface area contributed by atoms with Gasteiger partial charge in [0.15, 0.2) is 16.3 Å². The van der Waals surface area contributed by atoms with Crippen molar-refractivity contribution >= 4 is 29.1 Å². The topological polar surface area (TPSA) is 99.4 Å². The highest BCUT2D eigenvalue weighted by Gasteiger charge is 2.35. The van der Waals surface area contributed by atoms with Crippen LogP contribution in [0.5, 0.6) is 17.2 Å². The lowest BCUT2D eigenvalue weighted by atomic mass is 9.93. The zero-order chi connectivity index (χ0) is 29.8. The number of phenols is 1. The maximum Gasteiger partial charge on any atom is 0.338 e. The number of phenolic OH excluding ortho intramolecular Hbond substituents is 1. The lowest BCUT2D eigenvalue weighted by Gasteiger charge is -2.26. The highest BCUT2D eigenvalue weighted by molar-refractivity contribution is 7.07. The Hall–Kier alpha value is -4.89. The summed E-state index contributed by atoms with van der Waals surface area (Å²) in [4.78, 5) is 33.0. The average molecular weight is 583 g/mol. The summed E-state index contributed by atoms with van der Waals surface area (Å²) < 4.78 is 18.2. The Kier molecular flexibility index (Phi) is 8.40. The van der Waals surface area contributed by atoms with Gasteiger partial charge in [-0.1, -0.05) is 59.9 Å². The zero-order valence-corrected chi connectivity index (χ0v) is 24.3. The van der Waals surface area contributed by atoms with Crippen LogP contribution in [-0.2, 0) is 16.0 Å². The lowest BCUT2D eigenvalue weighted by molar-refractivity contribution is -0.138. The predicted octanol–water partition coefficient (Wildman–Crippen LogP) is 4.39. The van der Waals surface area contributed by atoms with Crippen LogP contribution in [-0.4, -0.2) is 36.5 Å². The van der Waals surface area contributed by atoms with Crippen LogP contribution in [0.3, 0.4) is 0 Å². The monoisotopic (exact) mass is 582 g/mol. The van der Waals surface area contributed by atoms with Crippen molar-refractivity contribution in [3.8, 4) is 17.2 Å². The smallest absolute Gasteiger partial charge is 0.338 e. The van der Waals surface area contributed by atoms with E-state index in [1.54, 1.807) is 55.0 Å². The molecule has 0 unspecified atom stereocenters. The molecule has 0 aliphatic carbocycles. The normalized spacial score (nSPS) is 14.6. The Morgan fingerprint density at radius 2 is 1.83 bits per heavy atom. The molecule has 0 saturated heterocycles. The number of benzene rings is 3. The Morgan fingerprint density at radius 3 is 2.48 bits per heavy atom. The van der Waals surface area contributed by atoms with Gasteiger partial charge in [0, 0.05) is 11.1 Å². The number of ether oxygens (including phenoxy) is 3. The number of carbonyl (C=O) groups excluding carboxylic acids is 1. The Labute approximate surface area is 246 Å². The lowest BCUT2D eigenvalue weighted by Crippen LogP contribution is -2.40. The fourth-order valence-electron chi connectivity index (χ4n) is 4.93.